The molecular weight excluding hydrogens is 381 g/mol. The van der Waals surface area contributed by atoms with Crippen LogP contribution in [0.1, 0.15) is 72.6 Å². The standard InChI is InChI=1S/C15H28O4.Ba/c1-5-6-7-8-9-10-11-15(12(16)17,13(18)19)14(2,3)4;/h5-11H2,1-4H3,(H,16,17)(H,18,19);/q;+2/p-2. The van der Waals surface area contributed by atoms with Crippen LogP contribution in [0, 0.1) is 10.8 Å². The van der Waals surface area contributed by atoms with E-state index in [-0.39, 0.29) is 55.3 Å². The average Bonchev–Trinajstić information content (AvgIpc) is 2.25. The largest absolute Gasteiger partial charge is 2.00 e. The Morgan fingerprint density at radius 1 is 0.850 bits per heavy atom. The van der Waals surface area contributed by atoms with E-state index in [1.165, 1.54) is 0 Å². The van der Waals surface area contributed by atoms with Gasteiger partial charge in [0.05, 0.1) is 17.4 Å². The quantitative estimate of drug-likeness (QED) is 0.323. The van der Waals surface area contributed by atoms with Crippen molar-refractivity contribution in [3.63, 3.8) is 0 Å². The second-order valence-corrected chi connectivity index (χ2v) is 6.25. The molecule has 0 atom stereocenters. The van der Waals surface area contributed by atoms with Crippen LogP contribution in [0.2, 0.25) is 0 Å². The summed E-state index contributed by atoms with van der Waals surface area (Å²) in [5.74, 6) is -3.07. The van der Waals surface area contributed by atoms with Gasteiger partial charge in [0.1, 0.15) is 0 Å². The molecule has 0 spiro atoms. The predicted molar refractivity (Wildman–Crippen MR) is 75.6 cm³/mol. The van der Waals surface area contributed by atoms with Crippen molar-refractivity contribution in [3.05, 3.63) is 0 Å². The van der Waals surface area contributed by atoms with E-state index < -0.39 is 22.8 Å². The fraction of sp³-hybridized carbons (Fsp3) is 0.867. The fourth-order valence-electron chi connectivity index (χ4n) is 2.45. The maximum atomic E-state index is 11.3. The summed E-state index contributed by atoms with van der Waals surface area (Å²) in [6, 6.07) is 0. The molecule has 0 unspecified atom stereocenters. The number of aliphatic carboxylic acids is 2. The third-order valence-electron chi connectivity index (χ3n) is 3.88. The zero-order chi connectivity index (χ0) is 15.1. The monoisotopic (exact) mass is 408 g/mol. The summed E-state index contributed by atoms with van der Waals surface area (Å²) in [4.78, 5) is 22.7. The van der Waals surface area contributed by atoms with Crippen molar-refractivity contribution in [2.24, 2.45) is 10.8 Å². The van der Waals surface area contributed by atoms with E-state index in [0.717, 1.165) is 32.1 Å². The summed E-state index contributed by atoms with van der Waals surface area (Å²) in [5, 5.41) is 22.7. The van der Waals surface area contributed by atoms with E-state index in [1.807, 2.05) is 0 Å². The summed E-state index contributed by atoms with van der Waals surface area (Å²) >= 11 is 0. The minimum absolute atomic E-state index is 0. The van der Waals surface area contributed by atoms with Gasteiger partial charge in [-0.1, -0.05) is 66.2 Å². The second-order valence-electron chi connectivity index (χ2n) is 6.25. The Balaban J connectivity index is 0. The molecule has 0 amide bonds. The van der Waals surface area contributed by atoms with Crippen molar-refractivity contribution in [3.8, 4) is 0 Å². The fourth-order valence-corrected chi connectivity index (χ4v) is 2.45. The molecule has 20 heavy (non-hydrogen) atoms. The molecule has 0 aliphatic heterocycles. The van der Waals surface area contributed by atoms with Crippen molar-refractivity contribution in [1.82, 2.24) is 0 Å². The van der Waals surface area contributed by atoms with Gasteiger partial charge in [-0.3, -0.25) is 0 Å². The van der Waals surface area contributed by atoms with E-state index in [4.69, 9.17) is 0 Å². The molecular formula is C15H26BaO4. The first-order chi connectivity index (χ1) is 8.70. The Morgan fingerprint density at radius 3 is 1.60 bits per heavy atom. The minimum atomic E-state index is -1.91. The van der Waals surface area contributed by atoms with Crippen molar-refractivity contribution in [2.75, 3.05) is 0 Å². The molecule has 0 N–H and O–H groups in total. The second kappa shape index (κ2) is 10.3. The van der Waals surface area contributed by atoms with Gasteiger partial charge in [-0.05, 0) is 11.8 Å². The molecule has 0 rings (SSSR count). The molecule has 112 valence electrons. The molecule has 0 aromatic heterocycles. The SMILES string of the molecule is CCCCCCCCC(C(=O)[O-])(C(=O)[O-])C(C)(C)C.[Ba+2]. The number of hydrogen-bond donors (Lipinski definition) is 0. The molecule has 0 bridgehead atoms. The van der Waals surface area contributed by atoms with Crippen LogP contribution in [0.3, 0.4) is 0 Å². The topological polar surface area (TPSA) is 80.3 Å². The van der Waals surface area contributed by atoms with Crippen LogP contribution in [-0.4, -0.2) is 60.8 Å². The van der Waals surface area contributed by atoms with E-state index in [2.05, 4.69) is 6.92 Å². The summed E-state index contributed by atoms with van der Waals surface area (Å²) in [6.07, 6.45) is 5.91. The van der Waals surface area contributed by atoms with Crippen LogP contribution in [0.4, 0.5) is 0 Å². The first-order valence-electron chi connectivity index (χ1n) is 7.13. The van der Waals surface area contributed by atoms with Crippen molar-refractivity contribution in [2.45, 2.75) is 72.6 Å². The van der Waals surface area contributed by atoms with Gasteiger partial charge < -0.3 is 19.8 Å². The van der Waals surface area contributed by atoms with Crippen LogP contribution in [0.15, 0.2) is 0 Å². The number of carbonyl (C=O) groups excluding carboxylic acids is 2. The minimum Gasteiger partial charge on any atom is -0.549 e. The molecule has 0 saturated heterocycles. The van der Waals surface area contributed by atoms with Crippen molar-refractivity contribution < 1.29 is 19.8 Å². The molecule has 0 aromatic carbocycles. The summed E-state index contributed by atoms with van der Waals surface area (Å²) in [6.45, 7) is 6.94. The maximum Gasteiger partial charge on any atom is 2.00 e. The third-order valence-corrected chi connectivity index (χ3v) is 3.88. The van der Waals surface area contributed by atoms with Gasteiger partial charge in [0.25, 0.3) is 0 Å². The smallest absolute Gasteiger partial charge is 0.549 e. The van der Waals surface area contributed by atoms with E-state index in [9.17, 15) is 19.8 Å². The van der Waals surface area contributed by atoms with Crippen LogP contribution >= 0.6 is 0 Å². The van der Waals surface area contributed by atoms with Crippen LogP contribution < -0.4 is 10.2 Å². The van der Waals surface area contributed by atoms with Crippen LogP contribution in [0.25, 0.3) is 0 Å². The Morgan fingerprint density at radius 2 is 1.25 bits per heavy atom. The number of carbonyl (C=O) groups is 2. The van der Waals surface area contributed by atoms with E-state index >= 15 is 0 Å². The number of hydrogen-bond acceptors (Lipinski definition) is 4. The van der Waals surface area contributed by atoms with Gasteiger partial charge in [0.2, 0.25) is 0 Å². The third kappa shape index (κ3) is 6.10. The molecule has 0 aliphatic carbocycles. The average molecular weight is 408 g/mol. The molecule has 5 heteroatoms. The number of carboxylic acid groups (broad SMARTS) is 2. The number of carboxylic acids is 2. The zero-order valence-electron chi connectivity index (χ0n) is 13.3. The van der Waals surface area contributed by atoms with Crippen molar-refractivity contribution >= 4 is 60.8 Å². The van der Waals surface area contributed by atoms with Gasteiger partial charge >= 0.3 is 48.9 Å². The van der Waals surface area contributed by atoms with Crippen LogP contribution in [-0.2, 0) is 9.59 Å². The zero-order valence-corrected chi connectivity index (χ0v) is 17.7. The Kier molecular flexibility index (Phi) is 11.7. The predicted octanol–water partition coefficient (Wildman–Crippen LogP) is 0.888. The molecule has 0 fully saturated rings. The summed E-state index contributed by atoms with van der Waals surface area (Å²) in [5.41, 5.74) is -2.83. The van der Waals surface area contributed by atoms with Gasteiger partial charge in [-0.15, -0.1) is 0 Å². The molecule has 0 saturated carbocycles. The Hall–Kier alpha value is 0.511. The summed E-state index contributed by atoms with van der Waals surface area (Å²) in [7, 11) is 0. The molecule has 0 radical (unpaired) electrons. The molecule has 0 aliphatic rings. The van der Waals surface area contributed by atoms with E-state index in [1.54, 1.807) is 20.8 Å². The van der Waals surface area contributed by atoms with Gasteiger partial charge in [0.15, 0.2) is 0 Å². The van der Waals surface area contributed by atoms with Crippen molar-refractivity contribution in [1.29, 1.82) is 0 Å². The maximum absolute atomic E-state index is 11.3. The Bertz CT molecular complexity index is 293. The van der Waals surface area contributed by atoms with Gasteiger partial charge in [-0.25, -0.2) is 0 Å². The molecule has 4 nitrogen and oxygen atoms in total. The first kappa shape index (κ1) is 22.8. The number of rotatable bonds is 9. The Labute approximate surface area is 162 Å². The number of unbranched alkanes of at least 4 members (excludes halogenated alkanes) is 5. The normalized spacial score (nSPS) is 11.8. The van der Waals surface area contributed by atoms with Gasteiger partial charge in [-0.2, -0.15) is 0 Å². The van der Waals surface area contributed by atoms with Crippen LogP contribution in [0.5, 0.6) is 0 Å². The molecule has 0 heterocycles. The molecule has 0 aromatic rings. The van der Waals surface area contributed by atoms with E-state index in [0.29, 0.717) is 6.42 Å². The first-order valence-corrected chi connectivity index (χ1v) is 7.13. The van der Waals surface area contributed by atoms with Gasteiger partial charge in [0, 0.05) is 0 Å². The summed E-state index contributed by atoms with van der Waals surface area (Å²) < 4.78 is 0.